The van der Waals surface area contributed by atoms with E-state index in [1.807, 2.05) is 0 Å². The van der Waals surface area contributed by atoms with Gasteiger partial charge < -0.3 is 0 Å². The van der Waals surface area contributed by atoms with Gasteiger partial charge in [0.05, 0.1) is 30.2 Å². The molecule has 1 aliphatic heterocycles. The van der Waals surface area contributed by atoms with E-state index >= 15 is 0 Å². The van der Waals surface area contributed by atoms with Crippen molar-refractivity contribution in [1.29, 1.82) is 0 Å². The molecule has 1 unspecified atom stereocenters. The van der Waals surface area contributed by atoms with E-state index in [-0.39, 0.29) is 0 Å². The van der Waals surface area contributed by atoms with Gasteiger partial charge in [-0.1, -0.05) is 67.1 Å². The molecule has 0 aromatic heterocycles. The van der Waals surface area contributed by atoms with Gasteiger partial charge in [-0.2, -0.15) is 0 Å². The van der Waals surface area contributed by atoms with Crippen LogP contribution in [0.15, 0.2) is 78.9 Å². The number of hydrogen-bond donors (Lipinski definition) is 0. The third-order valence-corrected chi connectivity index (χ3v) is 9.98. The zero-order valence-electron chi connectivity index (χ0n) is 17.2. The summed E-state index contributed by atoms with van der Waals surface area (Å²) in [7, 11) is -12.1. The van der Waals surface area contributed by atoms with Crippen LogP contribution in [0.5, 0.6) is 0 Å². The van der Waals surface area contributed by atoms with Crippen LogP contribution in [0, 0.1) is 6.92 Å². The van der Waals surface area contributed by atoms with Crippen molar-refractivity contribution in [2.45, 2.75) is 25.9 Å². The number of aryl methyl sites for hydroxylation is 1. The molecular formula is C23H24F6P2. The Kier molecular flexibility index (Phi) is 5.83. The Morgan fingerprint density at radius 3 is 1.65 bits per heavy atom. The van der Waals surface area contributed by atoms with Gasteiger partial charge in [0.1, 0.15) is 0 Å². The Hall–Kier alpha value is -1.90. The summed E-state index contributed by atoms with van der Waals surface area (Å²) in [5.74, 6) is 0.614. The average molecular weight is 476 g/mol. The maximum atomic E-state index is 9.87. The van der Waals surface area contributed by atoms with Crippen LogP contribution in [0.4, 0.5) is 25.2 Å². The summed E-state index contributed by atoms with van der Waals surface area (Å²) in [6.07, 6.45) is 2.47. The molecule has 4 rings (SSSR count). The van der Waals surface area contributed by atoms with Gasteiger partial charge in [-0.05, 0) is 42.3 Å². The Morgan fingerprint density at radius 1 is 0.742 bits per heavy atom. The molecule has 31 heavy (non-hydrogen) atoms. The maximum absolute atomic E-state index is 10.7. The van der Waals surface area contributed by atoms with E-state index in [0.29, 0.717) is 5.92 Å². The number of benzene rings is 3. The Labute approximate surface area is 178 Å². The van der Waals surface area contributed by atoms with Crippen molar-refractivity contribution in [3.05, 3.63) is 95.6 Å². The van der Waals surface area contributed by atoms with Crippen molar-refractivity contribution >= 4 is 25.7 Å². The fourth-order valence-corrected chi connectivity index (χ4v) is 8.93. The molecule has 0 amide bonds. The van der Waals surface area contributed by atoms with Crippen LogP contribution in [-0.4, -0.2) is 6.16 Å². The molecule has 0 saturated carbocycles. The number of rotatable bonds is 2. The molecule has 3 aromatic rings. The molecule has 0 saturated heterocycles. The van der Waals surface area contributed by atoms with Gasteiger partial charge in [-0.3, -0.25) is 0 Å². The second kappa shape index (κ2) is 7.60. The molecule has 0 nitrogen and oxygen atoms in total. The predicted molar refractivity (Wildman–Crippen MR) is 121 cm³/mol. The Morgan fingerprint density at radius 2 is 1.19 bits per heavy atom. The molecule has 3 aromatic carbocycles. The van der Waals surface area contributed by atoms with Crippen molar-refractivity contribution in [3.8, 4) is 0 Å². The van der Waals surface area contributed by atoms with Crippen LogP contribution in [0.1, 0.15) is 29.5 Å². The number of fused-ring (bicyclic) bond motifs is 1. The van der Waals surface area contributed by atoms with Gasteiger partial charge in [0, 0.05) is 5.92 Å². The summed E-state index contributed by atoms with van der Waals surface area (Å²) in [6, 6.07) is 29.6. The van der Waals surface area contributed by atoms with Crippen molar-refractivity contribution in [2.24, 2.45) is 0 Å². The van der Waals surface area contributed by atoms with Crippen molar-refractivity contribution in [1.82, 2.24) is 0 Å². The molecule has 0 radical (unpaired) electrons. The summed E-state index contributed by atoms with van der Waals surface area (Å²) < 4.78 is 59.2. The van der Waals surface area contributed by atoms with Gasteiger partial charge in [-0.15, -0.1) is 0 Å². The SMILES string of the molecule is Cc1ccc2c(c1)C[P+](c1ccccc1)(c1ccccc1)CC2C.F[P-](F)(F)(F)(F)F. The van der Waals surface area contributed by atoms with E-state index in [9.17, 15) is 25.2 Å². The summed E-state index contributed by atoms with van der Waals surface area (Å²) >= 11 is 0. The van der Waals surface area contributed by atoms with Gasteiger partial charge in [0.2, 0.25) is 0 Å². The fraction of sp³-hybridized carbons (Fsp3) is 0.217. The molecule has 1 aliphatic rings. The van der Waals surface area contributed by atoms with Crippen LogP contribution in [0.2, 0.25) is 0 Å². The van der Waals surface area contributed by atoms with E-state index in [1.54, 1.807) is 21.7 Å². The van der Waals surface area contributed by atoms with E-state index in [2.05, 4.69) is 92.7 Å². The van der Waals surface area contributed by atoms with Crippen molar-refractivity contribution in [2.75, 3.05) is 6.16 Å². The first-order valence-corrected chi connectivity index (χ1v) is 14.0. The van der Waals surface area contributed by atoms with E-state index in [4.69, 9.17) is 0 Å². The van der Waals surface area contributed by atoms with Crippen LogP contribution < -0.4 is 10.6 Å². The second-order valence-corrected chi connectivity index (χ2v) is 13.6. The van der Waals surface area contributed by atoms with Crippen LogP contribution in [0.25, 0.3) is 0 Å². The molecule has 0 fully saturated rings. The molecule has 0 N–H and O–H groups in total. The summed E-state index contributed by atoms with van der Waals surface area (Å²) in [5.41, 5.74) is 4.50. The van der Waals surface area contributed by atoms with Crippen LogP contribution in [0.3, 0.4) is 0 Å². The van der Waals surface area contributed by atoms with E-state index in [0.717, 1.165) is 0 Å². The van der Waals surface area contributed by atoms with E-state index < -0.39 is 15.1 Å². The number of hydrogen-bond acceptors (Lipinski definition) is 0. The molecule has 0 aliphatic carbocycles. The normalized spacial score (nSPS) is 19.8. The van der Waals surface area contributed by atoms with Crippen LogP contribution >= 0.6 is 15.1 Å². The first-order valence-electron chi connectivity index (χ1n) is 9.78. The Balaban J connectivity index is 0.000000339. The first-order chi connectivity index (χ1) is 14.1. The molecule has 1 atom stereocenters. The quantitative estimate of drug-likeness (QED) is 0.256. The third-order valence-electron chi connectivity index (χ3n) is 5.36. The molecule has 0 bridgehead atoms. The number of halogens is 6. The molecule has 0 spiro atoms. The fourth-order valence-electron chi connectivity index (χ4n) is 4.24. The van der Waals surface area contributed by atoms with E-state index in [1.165, 1.54) is 17.9 Å². The minimum atomic E-state index is -10.7. The molecule has 168 valence electrons. The first kappa shape index (κ1) is 23.8. The zero-order chi connectivity index (χ0) is 23.0. The standard InChI is InChI=1S/C23H24P.F6P/c1-18-13-14-23-19(2)16-24(17-20(23)15-18,21-9-5-3-6-10-21)22-11-7-4-8-12-22;1-7(2,3,4,5)6/h3-15,19H,16-17H2,1-2H3;/q+1;-1. The zero-order valence-corrected chi connectivity index (χ0v) is 18.9. The predicted octanol–water partition coefficient (Wildman–Crippen LogP) is 8.66. The van der Waals surface area contributed by atoms with Gasteiger partial charge in [-0.25, -0.2) is 0 Å². The van der Waals surface area contributed by atoms with Gasteiger partial charge in [0.15, 0.2) is 0 Å². The van der Waals surface area contributed by atoms with Crippen LogP contribution in [-0.2, 0) is 6.16 Å². The summed E-state index contributed by atoms with van der Waals surface area (Å²) in [6.45, 7) is 4.62. The Bertz CT molecular complexity index is 998. The molecular weight excluding hydrogens is 452 g/mol. The summed E-state index contributed by atoms with van der Waals surface area (Å²) in [5, 5.41) is 3.10. The van der Waals surface area contributed by atoms with Crippen molar-refractivity contribution < 1.29 is 25.2 Å². The molecule has 8 heteroatoms. The van der Waals surface area contributed by atoms with Crippen molar-refractivity contribution in [3.63, 3.8) is 0 Å². The topological polar surface area (TPSA) is 0 Å². The monoisotopic (exact) mass is 476 g/mol. The second-order valence-electron chi connectivity index (χ2n) is 8.04. The van der Waals surface area contributed by atoms with Gasteiger partial charge in [0.25, 0.3) is 0 Å². The average Bonchev–Trinajstić information content (AvgIpc) is 2.66. The third kappa shape index (κ3) is 6.79. The molecule has 1 heterocycles. The minimum absolute atomic E-state index is 0.614. The summed E-state index contributed by atoms with van der Waals surface area (Å²) in [4.78, 5) is 0. The van der Waals surface area contributed by atoms with Gasteiger partial charge >= 0.3 is 33.0 Å².